The molecule has 7 nitrogen and oxygen atoms in total. The molecule has 2 N–H and O–H groups in total. The van der Waals surface area contributed by atoms with E-state index in [4.69, 9.17) is 4.98 Å². The van der Waals surface area contributed by atoms with Crippen molar-refractivity contribution in [2.75, 3.05) is 25.0 Å². The summed E-state index contributed by atoms with van der Waals surface area (Å²) >= 11 is 0. The number of pyridine rings is 2. The molecule has 0 atom stereocenters. The smallest absolute Gasteiger partial charge is 0.204 e. The number of likely N-dealkylation sites (tertiary alicyclic amines) is 1. The Hall–Kier alpha value is -3.45. The minimum atomic E-state index is 0.217. The first-order valence-electron chi connectivity index (χ1n) is 12.5. The minimum absolute atomic E-state index is 0.217. The van der Waals surface area contributed by atoms with E-state index in [-0.39, 0.29) is 5.75 Å². The van der Waals surface area contributed by atoms with Crippen molar-refractivity contribution in [3.8, 4) is 5.75 Å². The van der Waals surface area contributed by atoms with Gasteiger partial charge in [0.05, 0.1) is 17.6 Å². The third kappa shape index (κ3) is 5.30. The number of aryl methyl sites for hydroxylation is 3. The van der Waals surface area contributed by atoms with Gasteiger partial charge in [-0.05, 0) is 75.1 Å². The number of aromatic hydroxyl groups is 1. The maximum Gasteiger partial charge on any atom is 0.204 e. The van der Waals surface area contributed by atoms with Crippen molar-refractivity contribution >= 4 is 17.0 Å². The Morgan fingerprint density at radius 3 is 2.63 bits per heavy atom. The first kappa shape index (κ1) is 23.3. The molecule has 1 aliphatic heterocycles. The zero-order valence-corrected chi connectivity index (χ0v) is 20.8. The molecule has 0 amide bonds. The minimum Gasteiger partial charge on any atom is -0.506 e. The van der Waals surface area contributed by atoms with Crippen LogP contribution in [0.2, 0.25) is 0 Å². The van der Waals surface area contributed by atoms with Crippen LogP contribution in [0.15, 0.2) is 48.7 Å². The van der Waals surface area contributed by atoms with E-state index in [1.807, 2.05) is 25.3 Å². The lowest BCUT2D eigenvalue weighted by Crippen LogP contribution is -2.40. The highest BCUT2D eigenvalue weighted by Crippen LogP contribution is 2.28. The highest BCUT2D eigenvalue weighted by atomic mass is 16.3. The summed E-state index contributed by atoms with van der Waals surface area (Å²) in [4.78, 5) is 16.6. The van der Waals surface area contributed by atoms with Crippen LogP contribution in [-0.4, -0.2) is 55.2 Å². The second-order valence-corrected chi connectivity index (χ2v) is 9.72. The van der Waals surface area contributed by atoms with Crippen LogP contribution in [0.25, 0.3) is 11.0 Å². The summed E-state index contributed by atoms with van der Waals surface area (Å²) in [5, 5.41) is 14.2. The second-order valence-electron chi connectivity index (χ2n) is 9.72. The second kappa shape index (κ2) is 10.0. The van der Waals surface area contributed by atoms with Crippen molar-refractivity contribution in [2.45, 2.75) is 52.6 Å². The van der Waals surface area contributed by atoms with E-state index in [1.54, 1.807) is 6.07 Å². The number of rotatable bonds is 7. The molecule has 0 radical (unpaired) electrons. The molecule has 5 rings (SSSR count). The summed E-state index contributed by atoms with van der Waals surface area (Å²) in [5.41, 5.74) is 7.13. The van der Waals surface area contributed by atoms with Crippen molar-refractivity contribution in [3.05, 3.63) is 76.9 Å². The number of imidazole rings is 1. The number of nitrogens with one attached hydrogen (secondary N) is 1. The predicted molar refractivity (Wildman–Crippen MR) is 140 cm³/mol. The topological polar surface area (TPSA) is 79.1 Å². The fourth-order valence-electron chi connectivity index (χ4n) is 5.01. The van der Waals surface area contributed by atoms with Crippen molar-refractivity contribution in [2.24, 2.45) is 0 Å². The maximum atomic E-state index is 10.5. The molecule has 0 aliphatic carbocycles. The highest BCUT2D eigenvalue weighted by molar-refractivity contribution is 5.83. The fraction of sp³-hybridized carbons (Fsp3) is 0.393. The molecule has 3 aromatic heterocycles. The summed E-state index contributed by atoms with van der Waals surface area (Å²) in [7, 11) is 0. The average molecular weight is 471 g/mol. The Morgan fingerprint density at radius 1 is 1.03 bits per heavy atom. The largest absolute Gasteiger partial charge is 0.506 e. The third-order valence-corrected chi connectivity index (χ3v) is 6.92. The molecule has 0 unspecified atom stereocenters. The van der Waals surface area contributed by atoms with Crippen LogP contribution < -0.4 is 5.32 Å². The van der Waals surface area contributed by atoms with Gasteiger partial charge in [-0.15, -0.1) is 0 Å². The lowest BCUT2D eigenvalue weighted by Gasteiger charge is -2.32. The van der Waals surface area contributed by atoms with E-state index in [1.165, 1.54) is 5.56 Å². The highest BCUT2D eigenvalue weighted by Gasteiger charge is 2.22. The molecule has 4 aromatic rings. The van der Waals surface area contributed by atoms with Gasteiger partial charge < -0.3 is 19.9 Å². The first-order chi connectivity index (χ1) is 17.0. The van der Waals surface area contributed by atoms with Crippen molar-refractivity contribution < 1.29 is 5.11 Å². The van der Waals surface area contributed by atoms with Gasteiger partial charge >= 0.3 is 0 Å². The summed E-state index contributed by atoms with van der Waals surface area (Å²) in [5.74, 6) is 1.07. The third-order valence-electron chi connectivity index (χ3n) is 6.92. The number of aromatic nitrogens is 4. The molecule has 0 spiro atoms. The molecule has 1 aromatic carbocycles. The lowest BCUT2D eigenvalue weighted by atomic mass is 10.0. The van der Waals surface area contributed by atoms with E-state index in [9.17, 15) is 5.11 Å². The number of benzene rings is 1. The predicted octanol–water partition coefficient (Wildman–Crippen LogP) is 4.62. The van der Waals surface area contributed by atoms with Crippen LogP contribution in [0.5, 0.6) is 5.75 Å². The Balaban J connectivity index is 1.33. The van der Waals surface area contributed by atoms with Gasteiger partial charge in [-0.1, -0.05) is 12.1 Å². The van der Waals surface area contributed by atoms with Crippen LogP contribution >= 0.6 is 0 Å². The van der Waals surface area contributed by atoms with Gasteiger partial charge in [0, 0.05) is 49.7 Å². The van der Waals surface area contributed by atoms with E-state index in [2.05, 4.69) is 62.9 Å². The molecule has 1 aliphatic rings. The van der Waals surface area contributed by atoms with Crippen LogP contribution in [0, 0.1) is 20.8 Å². The normalized spacial score (nSPS) is 15.1. The van der Waals surface area contributed by atoms with E-state index >= 15 is 0 Å². The zero-order valence-electron chi connectivity index (χ0n) is 20.8. The molecular weight excluding hydrogens is 436 g/mol. The van der Waals surface area contributed by atoms with E-state index in [0.29, 0.717) is 18.3 Å². The van der Waals surface area contributed by atoms with Gasteiger partial charge in [-0.3, -0.25) is 9.97 Å². The average Bonchev–Trinajstić information content (AvgIpc) is 3.18. The number of hydrogen-bond acceptors (Lipinski definition) is 6. The van der Waals surface area contributed by atoms with Crippen molar-refractivity contribution in [1.29, 1.82) is 0 Å². The number of hydrogen-bond donors (Lipinski definition) is 2. The van der Waals surface area contributed by atoms with Gasteiger partial charge in [-0.25, -0.2) is 4.98 Å². The van der Waals surface area contributed by atoms with Gasteiger partial charge in [0.2, 0.25) is 5.95 Å². The summed E-state index contributed by atoms with van der Waals surface area (Å²) in [6.45, 7) is 9.80. The van der Waals surface area contributed by atoms with Gasteiger partial charge in [0.1, 0.15) is 11.4 Å². The van der Waals surface area contributed by atoms with Gasteiger partial charge in [-0.2, -0.15) is 0 Å². The fourth-order valence-corrected chi connectivity index (χ4v) is 5.01. The number of fused-ring (bicyclic) bond motifs is 1. The Labute approximate surface area is 206 Å². The first-order valence-corrected chi connectivity index (χ1v) is 12.5. The number of anilines is 1. The summed E-state index contributed by atoms with van der Waals surface area (Å²) in [6.07, 6.45) is 4.99. The summed E-state index contributed by atoms with van der Waals surface area (Å²) in [6, 6.07) is 14.4. The monoisotopic (exact) mass is 470 g/mol. The lowest BCUT2D eigenvalue weighted by molar-refractivity contribution is 0.220. The standard InChI is InChI=1S/C28H34N6O/c1-19-16-20(2)27-25(17-19)34(18-24-26(35)8-7-21(3)30-24)28(32-27)31-23-10-14-33(15-11-23)13-9-22-6-4-5-12-29-22/h4-8,12,16-17,23,35H,9-11,13-15,18H2,1-3H3,(H,31,32). The molecule has 1 fully saturated rings. The van der Waals surface area contributed by atoms with Crippen molar-refractivity contribution in [1.82, 2.24) is 24.4 Å². The Bertz CT molecular complexity index is 1310. The molecule has 4 heterocycles. The quantitative estimate of drug-likeness (QED) is 0.410. The maximum absolute atomic E-state index is 10.5. The zero-order chi connectivity index (χ0) is 24.4. The SMILES string of the molecule is Cc1cc(C)c2nc(NC3CCN(CCc4ccccn4)CC3)n(Cc3nc(C)ccc3O)c2c1. The van der Waals surface area contributed by atoms with Gasteiger partial charge in [0.25, 0.3) is 0 Å². The molecule has 0 bridgehead atoms. The van der Waals surface area contributed by atoms with Crippen LogP contribution in [0.4, 0.5) is 5.95 Å². The molecule has 0 saturated carbocycles. The van der Waals surface area contributed by atoms with Crippen LogP contribution in [0.3, 0.4) is 0 Å². The number of piperidine rings is 1. The Kier molecular flexibility index (Phi) is 6.68. The molecule has 1 saturated heterocycles. The number of nitrogens with zero attached hydrogens (tertiary/aromatic N) is 5. The van der Waals surface area contributed by atoms with E-state index < -0.39 is 0 Å². The van der Waals surface area contributed by atoms with Crippen LogP contribution in [-0.2, 0) is 13.0 Å². The van der Waals surface area contributed by atoms with Crippen LogP contribution in [0.1, 0.15) is 41.1 Å². The van der Waals surface area contributed by atoms with E-state index in [0.717, 1.165) is 72.8 Å². The Morgan fingerprint density at radius 2 is 1.86 bits per heavy atom. The molecular formula is C28H34N6O. The van der Waals surface area contributed by atoms with Gasteiger partial charge in [0.15, 0.2) is 0 Å². The van der Waals surface area contributed by atoms with Crippen molar-refractivity contribution in [3.63, 3.8) is 0 Å². The molecule has 182 valence electrons. The summed E-state index contributed by atoms with van der Waals surface area (Å²) < 4.78 is 2.17. The molecule has 35 heavy (non-hydrogen) atoms. The molecule has 7 heteroatoms.